The van der Waals surface area contributed by atoms with Crippen LogP contribution < -0.4 is 5.32 Å². The van der Waals surface area contributed by atoms with Gasteiger partial charge >= 0.3 is 0 Å². The summed E-state index contributed by atoms with van der Waals surface area (Å²) in [7, 11) is 1.66. The molecule has 0 spiro atoms. The van der Waals surface area contributed by atoms with Gasteiger partial charge in [0.25, 0.3) is 5.91 Å². The summed E-state index contributed by atoms with van der Waals surface area (Å²) in [5.41, 5.74) is 2.52. The number of hydrogen-bond acceptors (Lipinski definition) is 2. The molecule has 0 aromatic heterocycles. The molecule has 0 aliphatic rings. The summed E-state index contributed by atoms with van der Waals surface area (Å²) in [5.74, 6) is -0.122. The number of allylic oxidation sites excluding steroid dienone is 1. The number of amides is 1. The maximum absolute atomic E-state index is 11.9. The second-order valence-electron chi connectivity index (χ2n) is 3.78. The van der Waals surface area contributed by atoms with Crippen LogP contribution in [-0.2, 0) is 4.79 Å². The van der Waals surface area contributed by atoms with Gasteiger partial charge in [-0.2, -0.15) is 0 Å². The first-order chi connectivity index (χ1) is 8.17. The molecule has 0 radical (unpaired) electrons. The van der Waals surface area contributed by atoms with Crippen LogP contribution in [0, 0.1) is 6.92 Å². The summed E-state index contributed by atoms with van der Waals surface area (Å²) in [6.07, 6.45) is 4.25. The van der Waals surface area contributed by atoms with E-state index in [0.717, 1.165) is 17.7 Å². The largest absolute Gasteiger partial charge is 0.322 e. The first-order valence-electron chi connectivity index (χ1n) is 5.67. The van der Waals surface area contributed by atoms with Gasteiger partial charge in [0.15, 0.2) is 0 Å². The van der Waals surface area contributed by atoms with E-state index in [2.05, 4.69) is 10.3 Å². The van der Waals surface area contributed by atoms with E-state index >= 15 is 0 Å². The lowest BCUT2D eigenvalue weighted by atomic mass is 10.2. The molecule has 3 heteroatoms. The number of benzene rings is 1. The van der Waals surface area contributed by atoms with Gasteiger partial charge in [-0.05, 0) is 31.0 Å². The molecular weight excluding hydrogens is 212 g/mol. The van der Waals surface area contributed by atoms with E-state index in [0.29, 0.717) is 5.57 Å². The van der Waals surface area contributed by atoms with E-state index < -0.39 is 0 Å². The average Bonchev–Trinajstić information content (AvgIpc) is 2.28. The van der Waals surface area contributed by atoms with Crippen molar-refractivity contribution < 1.29 is 4.79 Å². The predicted molar refractivity (Wildman–Crippen MR) is 72.6 cm³/mol. The molecule has 0 aliphatic heterocycles. The van der Waals surface area contributed by atoms with Crippen LogP contribution in [0.25, 0.3) is 0 Å². The van der Waals surface area contributed by atoms with Gasteiger partial charge in [-0.1, -0.05) is 25.1 Å². The molecule has 0 heterocycles. The van der Waals surface area contributed by atoms with Crippen LogP contribution in [0.4, 0.5) is 5.69 Å². The highest BCUT2D eigenvalue weighted by Crippen LogP contribution is 2.10. The lowest BCUT2D eigenvalue weighted by molar-refractivity contribution is -0.112. The first-order valence-corrected chi connectivity index (χ1v) is 5.67. The van der Waals surface area contributed by atoms with Crippen molar-refractivity contribution >= 4 is 17.8 Å². The molecule has 3 nitrogen and oxygen atoms in total. The molecule has 0 bridgehead atoms. The SMILES string of the molecule is CC/C=C(\C=NC)C(=O)Nc1cccc(C)c1. The number of anilines is 1. The Morgan fingerprint density at radius 3 is 2.82 bits per heavy atom. The molecule has 1 amide bonds. The molecule has 1 N–H and O–H groups in total. The minimum atomic E-state index is -0.122. The molecule has 1 aromatic carbocycles. The quantitative estimate of drug-likeness (QED) is 0.627. The normalized spacial score (nSPS) is 11.8. The number of hydrogen-bond donors (Lipinski definition) is 1. The van der Waals surface area contributed by atoms with Gasteiger partial charge in [0.05, 0.1) is 5.57 Å². The van der Waals surface area contributed by atoms with Crippen LogP contribution in [-0.4, -0.2) is 19.2 Å². The van der Waals surface area contributed by atoms with Gasteiger partial charge in [-0.15, -0.1) is 0 Å². The van der Waals surface area contributed by atoms with Crippen LogP contribution in [0.5, 0.6) is 0 Å². The smallest absolute Gasteiger partial charge is 0.256 e. The minimum Gasteiger partial charge on any atom is -0.322 e. The zero-order valence-electron chi connectivity index (χ0n) is 10.5. The fourth-order valence-electron chi connectivity index (χ4n) is 1.49. The monoisotopic (exact) mass is 230 g/mol. The molecule has 0 atom stereocenters. The summed E-state index contributed by atoms with van der Waals surface area (Å²) >= 11 is 0. The highest BCUT2D eigenvalue weighted by Gasteiger charge is 2.06. The van der Waals surface area contributed by atoms with Gasteiger partial charge in [0.2, 0.25) is 0 Å². The lowest BCUT2D eigenvalue weighted by Crippen LogP contribution is -2.15. The Balaban J connectivity index is 2.80. The molecule has 0 saturated heterocycles. The molecule has 90 valence electrons. The summed E-state index contributed by atoms with van der Waals surface area (Å²) in [6, 6.07) is 7.72. The number of rotatable bonds is 4. The van der Waals surface area contributed by atoms with Crippen molar-refractivity contribution in [2.24, 2.45) is 4.99 Å². The van der Waals surface area contributed by atoms with E-state index in [1.165, 1.54) is 0 Å². The van der Waals surface area contributed by atoms with Crippen LogP contribution in [0.3, 0.4) is 0 Å². The Labute approximate surface area is 102 Å². The van der Waals surface area contributed by atoms with Gasteiger partial charge in [-0.25, -0.2) is 0 Å². The number of nitrogens with one attached hydrogen (secondary N) is 1. The van der Waals surface area contributed by atoms with E-state index in [4.69, 9.17) is 0 Å². The maximum Gasteiger partial charge on any atom is 0.256 e. The zero-order chi connectivity index (χ0) is 12.7. The fraction of sp³-hybridized carbons (Fsp3) is 0.286. The molecule has 1 rings (SSSR count). The summed E-state index contributed by atoms with van der Waals surface area (Å²) in [5, 5.41) is 2.85. The van der Waals surface area contributed by atoms with Crippen LogP contribution in [0.1, 0.15) is 18.9 Å². The minimum absolute atomic E-state index is 0.122. The topological polar surface area (TPSA) is 41.5 Å². The Bertz CT molecular complexity index is 447. The third kappa shape index (κ3) is 4.23. The second-order valence-corrected chi connectivity index (χ2v) is 3.78. The van der Waals surface area contributed by atoms with Crippen LogP contribution >= 0.6 is 0 Å². The Kier molecular flexibility index (Phi) is 5.14. The van der Waals surface area contributed by atoms with Crippen molar-refractivity contribution in [2.45, 2.75) is 20.3 Å². The molecule has 0 fully saturated rings. The number of carbonyl (C=O) groups is 1. The number of nitrogens with zero attached hydrogens (tertiary/aromatic N) is 1. The molecule has 0 aliphatic carbocycles. The van der Waals surface area contributed by atoms with E-state index in [9.17, 15) is 4.79 Å². The van der Waals surface area contributed by atoms with Crippen molar-refractivity contribution in [3.63, 3.8) is 0 Å². The molecular formula is C14H18N2O. The van der Waals surface area contributed by atoms with Gasteiger partial charge in [-0.3, -0.25) is 9.79 Å². The average molecular weight is 230 g/mol. The van der Waals surface area contributed by atoms with Crippen molar-refractivity contribution in [1.82, 2.24) is 0 Å². The van der Waals surface area contributed by atoms with E-state index in [1.54, 1.807) is 13.3 Å². The van der Waals surface area contributed by atoms with Gasteiger partial charge < -0.3 is 5.32 Å². The Morgan fingerprint density at radius 1 is 1.47 bits per heavy atom. The first kappa shape index (κ1) is 13.2. The van der Waals surface area contributed by atoms with Crippen LogP contribution in [0.15, 0.2) is 40.9 Å². The Hall–Kier alpha value is -1.90. The summed E-state index contributed by atoms with van der Waals surface area (Å²) in [4.78, 5) is 15.8. The number of aryl methyl sites for hydroxylation is 1. The Morgan fingerprint density at radius 2 is 2.24 bits per heavy atom. The third-order valence-electron chi connectivity index (χ3n) is 2.23. The van der Waals surface area contributed by atoms with Crippen LogP contribution in [0.2, 0.25) is 0 Å². The highest BCUT2D eigenvalue weighted by atomic mass is 16.1. The number of aliphatic imine (C=N–C) groups is 1. The maximum atomic E-state index is 11.9. The van der Waals surface area contributed by atoms with Gasteiger partial charge in [0.1, 0.15) is 0 Å². The molecule has 1 aromatic rings. The van der Waals surface area contributed by atoms with Crippen molar-refractivity contribution in [2.75, 3.05) is 12.4 Å². The van der Waals surface area contributed by atoms with Crippen molar-refractivity contribution in [3.8, 4) is 0 Å². The van der Waals surface area contributed by atoms with Crippen molar-refractivity contribution in [1.29, 1.82) is 0 Å². The molecule has 0 saturated carbocycles. The molecule has 0 unspecified atom stereocenters. The molecule has 17 heavy (non-hydrogen) atoms. The zero-order valence-corrected chi connectivity index (χ0v) is 10.5. The standard InChI is InChI=1S/C14H18N2O/c1-4-6-12(10-15-3)14(17)16-13-8-5-7-11(2)9-13/h5-10H,4H2,1-3H3,(H,16,17)/b12-6+,15-10?. The second kappa shape index (κ2) is 6.63. The third-order valence-corrected chi connectivity index (χ3v) is 2.23. The fourth-order valence-corrected chi connectivity index (χ4v) is 1.49. The van der Waals surface area contributed by atoms with Gasteiger partial charge in [0, 0.05) is 18.9 Å². The van der Waals surface area contributed by atoms with Crippen molar-refractivity contribution in [3.05, 3.63) is 41.5 Å². The van der Waals surface area contributed by atoms with E-state index in [1.807, 2.05) is 44.2 Å². The predicted octanol–water partition coefficient (Wildman–Crippen LogP) is 2.97. The number of carbonyl (C=O) groups excluding carboxylic acids is 1. The van der Waals surface area contributed by atoms with E-state index in [-0.39, 0.29) is 5.91 Å². The lowest BCUT2D eigenvalue weighted by Gasteiger charge is -2.06. The highest BCUT2D eigenvalue weighted by molar-refractivity contribution is 6.17. The summed E-state index contributed by atoms with van der Waals surface area (Å²) in [6.45, 7) is 3.98. The summed E-state index contributed by atoms with van der Waals surface area (Å²) < 4.78 is 0.